The molecule has 1 rings (SSSR count). The van der Waals surface area contributed by atoms with Gasteiger partial charge in [0.05, 0.1) is 11.8 Å². The minimum atomic E-state index is -0.548. The molecule has 0 spiro atoms. The van der Waals surface area contributed by atoms with Crippen LogP contribution in [0.1, 0.15) is 23.2 Å². The Hall–Kier alpha value is -1.36. The monoisotopic (exact) mass is 198 g/mol. The molecule has 0 aliphatic rings. The highest BCUT2D eigenvalue weighted by molar-refractivity contribution is 5.91. The molecule has 1 atom stereocenters. The lowest BCUT2D eigenvalue weighted by Gasteiger charge is -2.16. The van der Waals surface area contributed by atoms with Crippen molar-refractivity contribution in [3.05, 3.63) is 17.5 Å². The summed E-state index contributed by atoms with van der Waals surface area (Å²) < 4.78 is 4.81. The Morgan fingerprint density at radius 2 is 2.43 bits per heavy atom. The normalized spacial score (nSPS) is 12.6. The van der Waals surface area contributed by atoms with Crippen LogP contribution in [0.2, 0.25) is 0 Å². The first kappa shape index (κ1) is 10.7. The Bertz CT molecular complexity index is 320. The average Bonchev–Trinajstić information content (AvgIpc) is 2.49. The molecule has 1 N–H and O–H groups in total. The second-order valence-electron chi connectivity index (χ2n) is 3.37. The van der Waals surface area contributed by atoms with Gasteiger partial charge in [0, 0.05) is 19.7 Å². The molecule has 0 fully saturated rings. The molecule has 1 aromatic rings. The average molecular weight is 198 g/mol. The summed E-state index contributed by atoms with van der Waals surface area (Å²) in [6, 6.07) is 1.57. The highest BCUT2D eigenvalue weighted by atomic mass is 16.5. The summed E-state index contributed by atoms with van der Waals surface area (Å²) >= 11 is 0. The maximum absolute atomic E-state index is 11.6. The van der Waals surface area contributed by atoms with Crippen molar-refractivity contribution in [2.75, 3.05) is 13.6 Å². The second kappa shape index (κ2) is 4.23. The molecule has 78 valence electrons. The minimum absolute atomic E-state index is 0.200. The molecule has 0 saturated carbocycles. The fourth-order valence-corrected chi connectivity index (χ4v) is 1.13. The number of rotatable bonds is 3. The van der Waals surface area contributed by atoms with Gasteiger partial charge in [-0.25, -0.2) is 0 Å². The highest BCUT2D eigenvalue weighted by Crippen LogP contribution is 2.05. The first-order valence-electron chi connectivity index (χ1n) is 4.37. The lowest BCUT2D eigenvalue weighted by Crippen LogP contribution is -2.32. The molecular formula is C9H14N2O3. The van der Waals surface area contributed by atoms with Crippen LogP contribution in [0, 0.1) is 6.92 Å². The number of hydrogen-bond donors (Lipinski definition) is 1. The molecule has 1 heterocycles. The Morgan fingerprint density at radius 3 is 2.86 bits per heavy atom. The molecular weight excluding hydrogens is 184 g/mol. The van der Waals surface area contributed by atoms with Gasteiger partial charge in [-0.2, -0.15) is 0 Å². The lowest BCUT2D eigenvalue weighted by atomic mass is 10.3. The van der Waals surface area contributed by atoms with Crippen LogP contribution >= 0.6 is 0 Å². The van der Waals surface area contributed by atoms with Gasteiger partial charge in [0.25, 0.3) is 5.91 Å². The van der Waals surface area contributed by atoms with Crippen LogP contribution in [0.4, 0.5) is 0 Å². The number of nitrogens with zero attached hydrogens (tertiary/aromatic N) is 2. The molecule has 0 saturated heterocycles. The lowest BCUT2D eigenvalue weighted by molar-refractivity contribution is 0.0664. The van der Waals surface area contributed by atoms with Gasteiger partial charge in [0.15, 0.2) is 0 Å². The van der Waals surface area contributed by atoms with Crippen molar-refractivity contribution in [1.82, 2.24) is 10.1 Å². The van der Waals surface area contributed by atoms with Crippen LogP contribution in [0.25, 0.3) is 0 Å². The van der Waals surface area contributed by atoms with Crippen molar-refractivity contribution in [3.8, 4) is 0 Å². The van der Waals surface area contributed by atoms with E-state index in [2.05, 4.69) is 5.16 Å². The summed E-state index contributed by atoms with van der Waals surface area (Å²) in [5, 5.41) is 12.7. The smallest absolute Gasteiger partial charge is 0.292 e. The minimum Gasteiger partial charge on any atom is -0.392 e. The fraction of sp³-hybridized carbons (Fsp3) is 0.556. The Kier molecular flexibility index (Phi) is 3.24. The molecule has 14 heavy (non-hydrogen) atoms. The maximum atomic E-state index is 11.6. The van der Waals surface area contributed by atoms with Gasteiger partial charge in [0.2, 0.25) is 5.76 Å². The van der Waals surface area contributed by atoms with Crippen LogP contribution in [-0.4, -0.2) is 40.8 Å². The summed E-state index contributed by atoms with van der Waals surface area (Å²) in [5.74, 6) is -0.0721. The Balaban J connectivity index is 2.65. The van der Waals surface area contributed by atoms with E-state index in [0.717, 1.165) is 0 Å². The molecule has 0 aromatic carbocycles. The zero-order valence-corrected chi connectivity index (χ0v) is 8.52. The fourth-order valence-electron chi connectivity index (χ4n) is 1.13. The van der Waals surface area contributed by atoms with Crippen LogP contribution in [0.5, 0.6) is 0 Å². The molecule has 0 bridgehead atoms. The predicted molar refractivity (Wildman–Crippen MR) is 49.9 cm³/mol. The number of hydrogen-bond acceptors (Lipinski definition) is 4. The van der Waals surface area contributed by atoms with Gasteiger partial charge in [-0.1, -0.05) is 5.16 Å². The third-order valence-electron chi connectivity index (χ3n) is 1.72. The van der Waals surface area contributed by atoms with Crippen molar-refractivity contribution in [2.24, 2.45) is 0 Å². The van der Waals surface area contributed by atoms with Crippen LogP contribution in [0.15, 0.2) is 10.6 Å². The van der Waals surface area contributed by atoms with Gasteiger partial charge < -0.3 is 14.5 Å². The number of amides is 1. The molecule has 1 aromatic heterocycles. The third-order valence-corrected chi connectivity index (χ3v) is 1.72. The summed E-state index contributed by atoms with van der Waals surface area (Å²) in [7, 11) is 1.60. The summed E-state index contributed by atoms with van der Waals surface area (Å²) in [5.41, 5.74) is 0.666. The molecule has 5 heteroatoms. The van der Waals surface area contributed by atoms with Gasteiger partial charge >= 0.3 is 0 Å². The highest BCUT2D eigenvalue weighted by Gasteiger charge is 2.17. The summed E-state index contributed by atoms with van der Waals surface area (Å²) in [6.45, 7) is 3.64. The van der Waals surface area contributed by atoms with Gasteiger partial charge in [0.1, 0.15) is 0 Å². The van der Waals surface area contributed by atoms with E-state index in [-0.39, 0.29) is 18.2 Å². The molecule has 1 unspecified atom stereocenters. The van der Waals surface area contributed by atoms with E-state index in [4.69, 9.17) is 9.63 Å². The van der Waals surface area contributed by atoms with Gasteiger partial charge in [-0.15, -0.1) is 0 Å². The SMILES string of the molecule is Cc1cc(C(=O)N(C)CC(C)O)on1. The number of likely N-dealkylation sites (N-methyl/N-ethyl adjacent to an activating group) is 1. The third kappa shape index (κ3) is 2.56. The van der Waals surface area contributed by atoms with Crippen LogP contribution in [-0.2, 0) is 0 Å². The summed E-state index contributed by atoms with van der Waals surface area (Å²) in [4.78, 5) is 13.0. The summed E-state index contributed by atoms with van der Waals surface area (Å²) in [6.07, 6.45) is -0.548. The first-order chi connectivity index (χ1) is 6.50. The molecule has 5 nitrogen and oxygen atoms in total. The van der Waals surface area contributed by atoms with Crippen LogP contribution < -0.4 is 0 Å². The van der Waals surface area contributed by atoms with Crippen molar-refractivity contribution < 1.29 is 14.4 Å². The molecule has 0 aliphatic carbocycles. The van der Waals surface area contributed by atoms with Crippen LogP contribution in [0.3, 0.4) is 0 Å². The molecule has 1 amide bonds. The Labute approximate surface area is 82.3 Å². The Morgan fingerprint density at radius 1 is 1.79 bits per heavy atom. The van der Waals surface area contributed by atoms with E-state index in [1.165, 1.54) is 4.90 Å². The van der Waals surface area contributed by atoms with E-state index in [1.54, 1.807) is 27.0 Å². The van der Waals surface area contributed by atoms with E-state index in [1.807, 2.05) is 0 Å². The second-order valence-corrected chi connectivity index (χ2v) is 3.37. The van der Waals surface area contributed by atoms with Crippen molar-refractivity contribution in [3.63, 3.8) is 0 Å². The number of aromatic nitrogens is 1. The predicted octanol–water partition coefficient (Wildman–Crippen LogP) is 0.436. The van der Waals surface area contributed by atoms with Crippen molar-refractivity contribution in [1.29, 1.82) is 0 Å². The van der Waals surface area contributed by atoms with Crippen molar-refractivity contribution >= 4 is 5.91 Å². The first-order valence-corrected chi connectivity index (χ1v) is 4.37. The zero-order chi connectivity index (χ0) is 10.7. The van der Waals surface area contributed by atoms with E-state index in [9.17, 15) is 4.79 Å². The zero-order valence-electron chi connectivity index (χ0n) is 8.52. The number of carbonyl (C=O) groups is 1. The molecule has 0 radical (unpaired) electrons. The number of aliphatic hydroxyl groups excluding tert-OH is 1. The van der Waals surface area contributed by atoms with E-state index < -0.39 is 6.10 Å². The van der Waals surface area contributed by atoms with Gasteiger partial charge in [-0.05, 0) is 13.8 Å². The quantitative estimate of drug-likeness (QED) is 0.765. The number of aryl methyl sites for hydroxylation is 1. The topological polar surface area (TPSA) is 66.6 Å². The number of aliphatic hydroxyl groups is 1. The van der Waals surface area contributed by atoms with E-state index >= 15 is 0 Å². The standard InChI is InChI=1S/C9H14N2O3/c1-6-4-8(14-10-6)9(13)11(3)5-7(2)12/h4,7,12H,5H2,1-3H3. The van der Waals surface area contributed by atoms with Gasteiger partial charge in [-0.3, -0.25) is 4.79 Å². The number of carbonyl (C=O) groups excluding carboxylic acids is 1. The molecule has 0 aliphatic heterocycles. The maximum Gasteiger partial charge on any atom is 0.292 e. The van der Waals surface area contributed by atoms with E-state index in [0.29, 0.717) is 5.69 Å². The largest absolute Gasteiger partial charge is 0.392 e. The van der Waals surface area contributed by atoms with Crippen molar-refractivity contribution in [2.45, 2.75) is 20.0 Å².